The van der Waals surface area contributed by atoms with E-state index in [9.17, 15) is 13.5 Å². The molecule has 21 heavy (non-hydrogen) atoms. The van der Waals surface area contributed by atoms with Gasteiger partial charge in [-0.25, -0.2) is 8.42 Å². The van der Waals surface area contributed by atoms with E-state index in [1.165, 1.54) is 16.4 Å². The van der Waals surface area contributed by atoms with Crippen LogP contribution in [0, 0.1) is 5.92 Å². The highest BCUT2D eigenvalue weighted by molar-refractivity contribution is 7.89. The molecule has 7 heteroatoms. The van der Waals surface area contributed by atoms with E-state index in [-0.39, 0.29) is 26.4 Å². The maximum Gasteiger partial charge on any atom is 0.244 e. The van der Waals surface area contributed by atoms with Crippen LogP contribution < -0.4 is 0 Å². The molecule has 0 aromatic heterocycles. The minimum atomic E-state index is -3.70. The average molecular weight is 354 g/mol. The predicted octanol–water partition coefficient (Wildman–Crippen LogP) is 3.54. The molecule has 0 bridgehead atoms. The Hall–Kier alpha value is -0.330. The number of hydrogen-bond acceptors (Lipinski definition) is 3. The minimum absolute atomic E-state index is 0.00685. The van der Waals surface area contributed by atoms with Gasteiger partial charge < -0.3 is 5.11 Å². The van der Waals surface area contributed by atoms with Crippen molar-refractivity contribution in [2.24, 2.45) is 5.92 Å². The summed E-state index contributed by atoms with van der Waals surface area (Å²) in [6.45, 7) is 6.20. The predicted molar refractivity (Wildman–Crippen MR) is 86.3 cm³/mol. The average Bonchev–Trinajstić information content (AvgIpc) is 2.44. The van der Waals surface area contributed by atoms with Gasteiger partial charge in [0.15, 0.2) is 0 Å². The summed E-state index contributed by atoms with van der Waals surface area (Å²) in [5, 5.41) is 9.54. The Labute approximate surface area is 136 Å². The molecule has 0 aliphatic heterocycles. The van der Waals surface area contributed by atoms with Crippen LogP contribution in [0.1, 0.15) is 32.8 Å². The lowest BCUT2D eigenvalue weighted by atomic mass is 10.1. The van der Waals surface area contributed by atoms with Gasteiger partial charge in [0, 0.05) is 23.7 Å². The Morgan fingerprint density at radius 2 is 1.90 bits per heavy atom. The van der Waals surface area contributed by atoms with Crippen LogP contribution in [0.4, 0.5) is 0 Å². The van der Waals surface area contributed by atoms with Crippen LogP contribution in [-0.4, -0.2) is 30.9 Å². The Balaban J connectivity index is 3.29. The van der Waals surface area contributed by atoms with Crippen LogP contribution in [0.25, 0.3) is 0 Å². The molecule has 0 aliphatic rings. The van der Waals surface area contributed by atoms with Gasteiger partial charge in [0.1, 0.15) is 4.90 Å². The summed E-state index contributed by atoms with van der Waals surface area (Å²) in [6, 6.07) is 2.83. The fourth-order valence-corrected chi connectivity index (χ4v) is 4.37. The highest BCUT2D eigenvalue weighted by Crippen LogP contribution is 2.33. The molecule has 0 aliphatic carbocycles. The van der Waals surface area contributed by atoms with Crippen LogP contribution in [0.5, 0.6) is 0 Å². The summed E-state index contributed by atoms with van der Waals surface area (Å²) < 4.78 is 26.9. The molecule has 0 fully saturated rings. The molecule has 1 aromatic rings. The quantitative estimate of drug-likeness (QED) is 0.815. The molecule has 4 nitrogen and oxygen atoms in total. The van der Waals surface area contributed by atoms with Crippen molar-refractivity contribution in [2.75, 3.05) is 13.1 Å². The fraction of sp³-hybridized carbons (Fsp3) is 0.571. The minimum Gasteiger partial charge on any atom is -0.392 e. The largest absolute Gasteiger partial charge is 0.392 e. The normalized spacial score (nSPS) is 13.7. The third kappa shape index (κ3) is 4.11. The molecule has 1 atom stereocenters. The van der Waals surface area contributed by atoms with Crippen molar-refractivity contribution < 1.29 is 13.5 Å². The first-order valence-electron chi connectivity index (χ1n) is 6.87. The summed E-state index contributed by atoms with van der Waals surface area (Å²) in [4.78, 5) is -0.0113. The van der Waals surface area contributed by atoms with Gasteiger partial charge in [-0.1, -0.05) is 50.4 Å². The van der Waals surface area contributed by atoms with Crippen molar-refractivity contribution >= 4 is 33.2 Å². The van der Waals surface area contributed by atoms with E-state index in [0.717, 1.165) is 6.42 Å². The SMILES string of the molecule is CCC(C)CN(CC)S(=O)(=O)c1ccc(Cl)c(CO)c1Cl. The molecule has 0 saturated carbocycles. The number of hydrogen-bond donors (Lipinski definition) is 1. The Morgan fingerprint density at radius 1 is 1.29 bits per heavy atom. The number of aliphatic hydroxyl groups excluding tert-OH is 1. The molecular weight excluding hydrogens is 333 g/mol. The van der Waals surface area contributed by atoms with Crippen molar-refractivity contribution in [3.63, 3.8) is 0 Å². The van der Waals surface area contributed by atoms with Crippen molar-refractivity contribution in [2.45, 2.75) is 38.7 Å². The molecule has 1 rings (SSSR count). The van der Waals surface area contributed by atoms with Crippen LogP contribution in [0.15, 0.2) is 17.0 Å². The van der Waals surface area contributed by atoms with Gasteiger partial charge in [-0.15, -0.1) is 0 Å². The maximum absolute atomic E-state index is 12.7. The van der Waals surface area contributed by atoms with Crippen molar-refractivity contribution in [1.82, 2.24) is 4.31 Å². The third-order valence-electron chi connectivity index (χ3n) is 3.49. The van der Waals surface area contributed by atoms with Crippen molar-refractivity contribution in [1.29, 1.82) is 0 Å². The zero-order chi connectivity index (χ0) is 16.2. The number of halogens is 2. The molecule has 0 radical (unpaired) electrons. The van der Waals surface area contributed by atoms with E-state index < -0.39 is 16.6 Å². The molecular formula is C14H21Cl2NO3S. The number of aliphatic hydroxyl groups is 1. The maximum atomic E-state index is 12.7. The van der Waals surface area contributed by atoms with E-state index in [1.54, 1.807) is 6.92 Å². The highest BCUT2D eigenvalue weighted by Gasteiger charge is 2.28. The van der Waals surface area contributed by atoms with Gasteiger partial charge >= 0.3 is 0 Å². The Morgan fingerprint density at radius 3 is 2.38 bits per heavy atom. The second-order valence-electron chi connectivity index (χ2n) is 4.97. The topological polar surface area (TPSA) is 57.6 Å². The molecule has 1 N–H and O–H groups in total. The van der Waals surface area contributed by atoms with Crippen molar-refractivity contribution in [3.8, 4) is 0 Å². The fourth-order valence-electron chi connectivity index (χ4n) is 1.93. The number of sulfonamides is 1. The second-order valence-corrected chi connectivity index (χ2v) is 7.66. The zero-order valence-corrected chi connectivity index (χ0v) is 14.8. The third-order valence-corrected chi connectivity index (χ3v) is 6.37. The molecule has 0 amide bonds. The standard InChI is InChI=1S/C14H21Cl2NO3S/c1-4-10(3)8-17(5-2)21(19,20)13-7-6-12(15)11(9-18)14(13)16/h6-7,10,18H,4-5,8-9H2,1-3H3. The van der Waals surface area contributed by atoms with E-state index in [4.69, 9.17) is 23.2 Å². The Bertz CT molecular complexity index is 590. The van der Waals surface area contributed by atoms with Gasteiger partial charge in [0.2, 0.25) is 10.0 Å². The summed E-state index contributed by atoms with van der Waals surface area (Å²) >= 11 is 12.0. The van der Waals surface area contributed by atoms with E-state index in [2.05, 4.69) is 0 Å². The van der Waals surface area contributed by atoms with Crippen LogP contribution in [0.3, 0.4) is 0 Å². The lowest BCUT2D eigenvalue weighted by Gasteiger charge is -2.24. The highest BCUT2D eigenvalue weighted by atomic mass is 35.5. The molecule has 1 unspecified atom stereocenters. The van der Waals surface area contributed by atoms with Crippen LogP contribution in [0.2, 0.25) is 10.0 Å². The molecule has 120 valence electrons. The van der Waals surface area contributed by atoms with Gasteiger partial charge in [-0.2, -0.15) is 4.31 Å². The summed E-state index contributed by atoms with van der Waals surface area (Å²) in [5.41, 5.74) is 0.235. The van der Waals surface area contributed by atoms with Gasteiger partial charge in [-0.05, 0) is 18.1 Å². The van der Waals surface area contributed by atoms with Crippen LogP contribution >= 0.6 is 23.2 Å². The van der Waals surface area contributed by atoms with Crippen molar-refractivity contribution in [3.05, 3.63) is 27.7 Å². The van der Waals surface area contributed by atoms with E-state index >= 15 is 0 Å². The first kappa shape index (κ1) is 18.7. The molecule has 0 heterocycles. The van der Waals surface area contributed by atoms with Crippen LogP contribution in [-0.2, 0) is 16.6 Å². The summed E-state index contributed by atoms with van der Waals surface area (Å²) in [7, 11) is -3.70. The molecule has 1 aromatic carbocycles. The van der Waals surface area contributed by atoms with E-state index in [0.29, 0.717) is 13.1 Å². The monoisotopic (exact) mass is 353 g/mol. The first-order valence-corrected chi connectivity index (χ1v) is 9.06. The zero-order valence-electron chi connectivity index (χ0n) is 12.4. The number of rotatable bonds is 7. The summed E-state index contributed by atoms with van der Waals surface area (Å²) in [5.74, 6) is 0.253. The number of nitrogens with zero attached hydrogens (tertiary/aromatic N) is 1. The second kappa shape index (κ2) is 7.79. The molecule has 0 spiro atoms. The lowest BCUT2D eigenvalue weighted by molar-refractivity contribution is 0.281. The first-order chi connectivity index (χ1) is 9.79. The van der Waals surface area contributed by atoms with Gasteiger partial charge in [-0.3, -0.25) is 0 Å². The smallest absolute Gasteiger partial charge is 0.244 e. The summed E-state index contributed by atoms with van der Waals surface area (Å²) in [6.07, 6.45) is 0.891. The lowest BCUT2D eigenvalue weighted by Crippen LogP contribution is -2.34. The van der Waals surface area contributed by atoms with E-state index in [1.807, 2.05) is 13.8 Å². The Kier molecular flexibility index (Phi) is 6.94. The van der Waals surface area contributed by atoms with Gasteiger partial charge in [0.25, 0.3) is 0 Å². The van der Waals surface area contributed by atoms with Gasteiger partial charge in [0.05, 0.1) is 11.6 Å². The number of benzene rings is 1. The molecule has 0 saturated heterocycles.